The van der Waals surface area contributed by atoms with Gasteiger partial charge in [0.25, 0.3) is 0 Å². The highest BCUT2D eigenvalue weighted by molar-refractivity contribution is 5.12. The van der Waals surface area contributed by atoms with Crippen LogP contribution in [0.3, 0.4) is 0 Å². The predicted molar refractivity (Wildman–Crippen MR) is 56.9 cm³/mol. The van der Waals surface area contributed by atoms with Gasteiger partial charge in [0.1, 0.15) is 0 Å². The molecular formula is C11H18N2O. The summed E-state index contributed by atoms with van der Waals surface area (Å²) in [4.78, 5) is 4.04. The van der Waals surface area contributed by atoms with Crippen LogP contribution in [0.25, 0.3) is 0 Å². The van der Waals surface area contributed by atoms with Crippen molar-refractivity contribution in [2.75, 3.05) is 13.2 Å². The van der Waals surface area contributed by atoms with E-state index in [-0.39, 0.29) is 6.04 Å². The summed E-state index contributed by atoms with van der Waals surface area (Å²) in [5, 5.41) is 0. The van der Waals surface area contributed by atoms with Gasteiger partial charge in [-0.3, -0.25) is 4.98 Å². The molecule has 1 atom stereocenters. The van der Waals surface area contributed by atoms with E-state index in [2.05, 4.69) is 4.98 Å². The van der Waals surface area contributed by atoms with Crippen LogP contribution in [0.5, 0.6) is 0 Å². The van der Waals surface area contributed by atoms with Crippen molar-refractivity contribution in [3.8, 4) is 0 Å². The molecule has 3 heteroatoms. The van der Waals surface area contributed by atoms with Gasteiger partial charge in [0, 0.05) is 31.6 Å². The zero-order valence-corrected chi connectivity index (χ0v) is 8.65. The maximum absolute atomic E-state index is 5.98. The van der Waals surface area contributed by atoms with Gasteiger partial charge in [0.05, 0.1) is 0 Å². The molecule has 0 spiro atoms. The Balaban J connectivity index is 2.25. The van der Waals surface area contributed by atoms with E-state index in [1.165, 1.54) is 0 Å². The van der Waals surface area contributed by atoms with Gasteiger partial charge in [-0.2, -0.15) is 0 Å². The van der Waals surface area contributed by atoms with Gasteiger partial charge in [-0.1, -0.05) is 6.07 Å². The molecule has 14 heavy (non-hydrogen) atoms. The molecule has 0 radical (unpaired) electrons. The van der Waals surface area contributed by atoms with Crippen molar-refractivity contribution in [1.82, 2.24) is 4.98 Å². The molecule has 1 unspecified atom stereocenters. The largest absolute Gasteiger partial charge is 0.382 e. The van der Waals surface area contributed by atoms with Gasteiger partial charge in [-0.05, 0) is 31.4 Å². The summed E-state index contributed by atoms with van der Waals surface area (Å²) < 4.78 is 5.25. The van der Waals surface area contributed by atoms with E-state index in [1.54, 1.807) is 6.20 Å². The molecule has 0 saturated carbocycles. The van der Waals surface area contributed by atoms with Crippen molar-refractivity contribution in [1.29, 1.82) is 0 Å². The maximum atomic E-state index is 5.98. The van der Waals surface area contributed by atoms with Crippen LogP contribution in [0.15, 0.2) is 24.5 Å². The molecule has 1 heterocycles. The van der Waals surface area contributed by atoms with Crippen LogP contribution >= 0.6 is 0 Å². The second-order valence-corrected chi connectivity index (χ2v) is 3.23. The van der Waals surface area contributed by atoms with Crippen molar-refractivity contribution in [2.45, 2.75) is 25.8 Å². The fourth-order valence-corrected chi connectivity index (χ4v) is 1.31. The van der Waals surface area contributed by atoms with E-state index in [9.17, 15) is 0 Å². The van der Waals surface area contributed by atoms with Crippen molar-refractivity contribution in [3.05, 3.63) is 30.1 Å². The molecule has 3 nitrogen and oxygen atoms in total. The SMILES string of the molecule is CCOCCCC(N)c1cccnc1. The van der Waals surface area contributed by atoms with E-state index < -0.39 is 0 Å². The Morgan fingerprint density at radius 2 is 2.43 bits per heavy atom. The minimum absolute atomic E-state index is 0.0872. The zero-order chi connectivity index (χ0) is 10.2. The smallest absolute Gasteiger partial charge is 0.0466 e. The molecule has 2 N–H and O–H groups in total. The number of nitrogens with zero attached hydrogens (tertiary/aromatic N) is 1. The molecule has 0 aromatic carbocycles. The minimum atomic E-state index is 0.0872. The summed E-state index contributed by atoms with van der Waals surface area (Å²) in [7, 11) is 0. The maximum Gasteiger partial charge on any atom is 0.0466 e. The first-order valence-electron chi connectivity index (χ1n) is 5.08. The molecule has 0 aliphatic carbocycles. The molecule has 0 fully saturated rings. The molecule has 0 amide bonds. The van der Waals surface area contributed by atoms with Gasteiger partial charge in [0.2, 0.25) is 0 Å². The number of aromatic nitrogens is 1. The van der Waals surface area contributed by atoms with Crippen molar-refractivity contribution in [2.24, 2.45) is 5.73 Å². The molecule has 0 aliphatic rings. The molecule has 1 aromatic rings. The Hall–Kier alpha value is -0.930. The number of nitrogens with two attached hydrogens (primary N) is 1. The molecule has 0 saturated heterocycles. The second kappa shape index (κ2) is 6.51. The minimum Gasteiger partial charge on any atom is -0.382 e. The predicted octanol–water partition coefficient (Wildman–Crippen LogP) is 1.90. The highest BCUT2D eigenvalue weighted by Gasteiger charge is 2.04. The Morgan fingerprint density at radius 1 is 1.57 bits per heavy atom. The summed E-state index contributed by atoms with van der Waals surface area (Å²) in [5.41, 5.74) is 7.08. The van der Waals surface area contributed by atoms with E-state index in [0.717, 1.165) is 31.6 Å². The average molecular weight is 194 g/mol. The Morgan fingerprint density at radius 3 is 3.07 bits per heavy atom. The average Bonchev–Trinajstić information content (AvgIpc) is 2.25. The summed E-state index contributed by atoms with van der Waals surface area (Å²) in [6.07, 6.45) is 5.54. The number of hydrogen-bond acceptors (Lipinski definition) is 3. The van der Waals surface area contributed by atoms with Crippen molar-refractivity contribution in [3.63, 3.8) is 0 Å². The number of hydrogen-bond donors (Lipinski definition) is 1. The fourth-order valence-electron chi connectivity index (χ4n) is 1.31. The Bertz CT molecular complexity index is 238. The van der Waals surface area contributed by atoms with E-state index >= 15 is 0 Å². The van der Waals surface area contributed by atoms with Crippen LogP contribution in [0, 0.1) is 0 Å². The lowest BCUT2D eigenvalue weighted by Crippen LogP contribution is -2.11. The quantitative estimate of drug-likeness (QED) is 0.703. The topological polar surface area (TPSA) is 48.1 Å². The van der Waals surface area contributed by atoms with Gasteiger partial charge >= 0.3 is 0 Å². The first-order valence-corrected chi connectivity index (χ1v) is 5.08. The summed E-state index contributed by atoms with van der Waals surface area (Å²) in [5.74, 6) is 0. The summed E-state index contributed by atoms with van der Waals surface area (Å²) in [6, 6.07) is 4.01. The Kier molecular flexibility index (Phi) is 5.19. The van der Waals surface area contributed by atoms with Crippen molar-refractivity contribution < 1.29 is 4.74 Å². The van der Waals surface area contributed by atoms with E-state index in [1.807, 2.05) is 25.3 Å². The number of ether oxygens (including phenoxy) is 1. The second-order valence-electron chi connectivity index (χ2n) is 3.23. The Labute approximate surface area is 85.3 Å². The third-order valence-corrected chi connectivity index (χ3v) is 2.12. The fraction of sp³-hybridized carbons (Fsp3) is 0.545. The van der Waals surface area contributed by atoms with Crippen LogP contribution < -0.4 is 5.73 Å². The van der Waals surface area contributed by atoms with Crippen LogP contribution in [-0.4, -0.2) is 18.2 Å². The summed E-state index contributed by atoms with van der Waals surface area (Å²) >= 11 is 0. The number of rotatable bonds is 6. The number of pyridine rings is 1. The third-order valence-electron chi connectivity index (χ3n) is 2.12. The molecule has 78 valence electrons. The first kappa shape index (κ1) is 11.1. The lowest BCUT2D eigenvalue weighted by atomic mass is 10.1. The van der Waals surface area contributed by atoms with Crippen LogP contribution in [0.2, 0.25) is 0 Å². The molecule has 1 rings (SSSR count). The van der Waals surface area contributed by atoms with Crippen LogP contribution in [-0.2, 0) is 4.74 Å². The lowest BCUT2D eigenvalue weighted by Gasteiger charge is -2.10. The van der Waals surface area contributed by atoms with Crippen LogP contribution in [0.1, 0.15) is 31.4 Å². The van der Waals surface area contributed by atoms with Gasteiger partial charge in [0.15, 0.2) is 0 Å². The van der Waals surface area contributed by atoms with Crippen LogP contribution in [0.4, 0.5) is 0 Å². The standard InChI is InChI=1S/C11H18N2O/c1-2-14-8-4-6-11(12)10-5-3-7-13-9-10/h3,5,7,9,11H,2,4,6,8,12H2,1H3. The monoisotopic (exact) mass is 194 g/mol. The third kappa shape index (κ3) is 3.85. The lowest BCUT2D eigenvalue weighted by molar-refractivity contribution is 0.142. The highest BCUT2D eigenvalue weighted by Crippen LogP contribution is 2.13. The highest BCUT2D eigenvalue weighted by atomic mass is 16.5. The van der Waals surface area contributed by atoms with E-state index in [4.69, 9.17) is 10.5 Å². The molecular weight excluding hydrogens is 176 g/mol. The van der Waals surface area contributed by atoms with E-state index in [0.29, 0.717) is 0 Å². The van der Waals surface area contributed by atoms with Crippen molar-refractivity contribution >= 4 is 0 Å². The first-order chi connectivity index (χ1) is 6.84. The molecule has 0 bridgehead atoms. The zero-order valence-electron chi connectivity index (χ0n) is 8.65. The van der Waals surface area contributed by atoms with Gasteiger partial charge in [-0.15, -0.1) is 0 Å². The summed E-state index contributed by atoms with van der Waals surface area (Å²) in [6.45, 7) is 3.58. The van der Waals surface area contributed by atoms with Gasteiger partial charge in [-0.25, -0.2) is 0 Å². The molecule has 1 aromatic heterocycles. The normalized spacial score (nSPS) is 12.7. The molecule has 0 aliphatic heterocycles. The van der Waals surface area contributed by atoms with Gasteiger partial charge < -0.3 is 10.5 Å².